The van der Waals surface area contributed by atoms with Crippen molar-refractivity contribution in [1.82, 2.24) is 30.5 Å². The second-order valence-electron chi connectivity index (χ2n) is 6.46. The van der Waals surface area contributed by atoms with Crippen molar-refractivity contribution in [3.05, 3.63) is 23.8 Å². The van der Waals surface area contributed by atoms with E-state index in [-0.39, 0.29) is 12.0 Å². The third-order valence-corrected chi connectivity index (χ3v) is 4.40. The Bertz CT molecular complexity index is 855. The Morgan fingerprint density at radius 3 is 2.96 bits per heavy atom. The van der Waals surface area contributed by atoms with Gasteiger partial charge >= 0.3 is 0 Å². The third-order valence-electron chi connectivity index (χ3n) is 4.40. The molecule has 0 aromatic carbocycles. The molecule has 1 aliphatic rings. The Morgan fingerprint density at radius 1 is 1.29 bits per heavy atom. The third kappa shape index (κ3) is 2.57. The molecule has 1 atom stereocenters. The first-order valence-corrected chi connectivity index (χ1v) is 8.13. The van der Waals surface area contributed by atoms with Crippen LogP contribution in [-0.2, 0) is 0 Å². The molecule has 8 nitrogen and oxygen atoms in total. The molecule has 1 saturated heterocycles. The fraction of sp³-hybridized carbons (Fsp3) is 0.500. The van der Waals surface area contributed by atoms with E-state index in [2.05, 4.69) is 51.4 Å². The van der Waals surface area contributed by atoms with Gasteiger partial charge in [0.05, 0.1) is 22.7 Å². The molecule has 126 valence electrons. The molecule has 1 N–H and O–H groups in total. The Labute approximate surface area is 139 Å². The summed E-state index contributed by atoms with van der Waals surface area (Å²) in [5, 5.41) is 12.5. The number of nitrogens with zero attached hydrogens (tertiary/aromatic N) is 5. The van der Waals surface area contributed by atoms with E-state index in [9.17, 15) is 0 Å². The van der Waals surface area contributed by atoms with Gasteiger partial charge in [0.2, 0.25) is 0 Å². The quantitative estimate of drug-likeness (QED) is 0.780. The molecule has 1 aliphatic heterocycles. The summed E-state index contributed by atoms with van der Waals surface area (Å²) in [6.07, 6.45) is 1.68. The fourth-order valence-corrected chi connectivity index (χ4v) is 2.97. The van der Waals surface area contributed by atoms with Crippen LogP contribution < -0.4 is 5.32 Å². The van der Waals surface area contributed by atoms with Gasteiger partial charge in [-0.2, -0.15) is 4.98 Å². The van der Waals surface area contributed by atoms with Crippen LogP contribution in [0.4, 0.5) is 0 Å². The van der Waals surface area contributed by atoms with Crippen LogP contribution >= 0.6 is 0 Å². The normalized spacial score (nSPS) is 19.4. The van der Waals surface area contributed by atoms with Gasteiger partial charge in [-0.25, -0.2) is 4.98 Å². The van der Waals surface area contributed by atoms with Crippen LogP contribution in [0.3, 0.4) is 0 Å². The van der Waals surface area contributed by atoms with Gasteiger partial charge in [-0.3, -0.25) is 4.90 Å². The first-order valence-electron chi connectivity index (χ1n) is 8.13. The second-order valence-corrected chi connectivity index (χ2v) is 6.46. The summed E-state index contributed by atoms with van der Waals surface area (Å²) in [6, 6.07) is 2.07. The smallest absolute Gasteiger partial charge is 0.259 e. The van der Waals surface area contributed by atoms with Crippen LogP contribution in [0.25, 0.3) is 22.6 Å². The zero-order valence-corrected chi connectivity index (χ0v) is 14.0. The van der Waals surface area contributed by atoms with Gasteiger partial charge in [0.1, 0.15) is 0 Å². The molecule has 3 aromatic rings. The lowest BCUT2D eigenvalue weighted by Gasteiger charge is -2.30. The minimum absolute atomic E-state index is 0.120. The molecule has 8 heteroatoms. The molecule has 1 fully saturated rings. The van der Waals surface area contributed by atoms with Crippen molar-refractivity contribution in [3.8, 4) is 11.5 Å². The molecule has 0 radical (unpaired) electrons. The highest BCUT2D eigenvalue weighted by molar-refractivity contribution is 5.80. The lowest BCUT2D eigenvalue weighted by Crippen LogP contribution is -2.44. The molecule has 1 unspecified atom stereocenters. The van der Waals surface area contributed by atoms with Gasteiger partial charge in [0.25, 0.3) is 11.6 Å². The van der Waals surface area contributed by atoms with Crippen LogP contribution in [0.15, 0.2) is 21.3 Å². The first-order chi connectivity index (χ1) is 11.6. The second kappa shape index (κ2) is 5.95. The maximum atomic E-state index is 5.47. The van der Waals surface area contributed by atoms with Crippen molar-refractivity contribution in [2.75, 3.05) is 26.7 Å². The molecule has 0 saturated carbocycles. The summed E-state index contributed by atoms with van der Waals surface area (Å²) >= 11 is 0. The van der Waals surface area contributed by atoms with E-state index < -0.39 is 0 Å². The lowest BCUT2D eigenvalue weighted by molar-refractivity contribution is 0.190. The summed E-state index contributed by atoms with van der Waals surface area (Å²) in [5.41, 5.74) is 2.19. The van der Waals surface area contributed by atoms with Gasteiger partial charge in [-0.1, -0.05) is 24.2 Å². The lowest BCUT2D eigenvalue weighted by atomic mass is 10.1. The predicted octanol–water partition coefficient (Wildman–Crippen LogP) is 1.97. The SMILES string of the molecule is CC(C)c1noc2ncc(-c3nc(C4CNCCN4C)no3)cc12. The standard InChI is InChI=1S/C16H20N6O2/c1-9(2)13-11-6-10(7-18-16(11)24-20-13)15-19-14(21-23-15)12-8-17-4-5-22(12)3/h6-7,9,12,17H,4-5,8H2,1-3H3. The van der Waals surface area contributed by atoms with Crippen LogP contribution in [0.2, 0.25) is 0 Å². The highest BCUT2D eigenvalue weighted by Crippen LogP contribution is 2.28. The molecule has 24 heavy (non-hydrogen) atoms. The predicted molar refractivity (Wildman–Crippen MR) is 87.4 cm³/mol. The molecule has 3 aromatic heterocycles. The Morgan fingerprint density at radius 2 is 2.17 bits per heavy atom. The minimum atomic E-state index is 0.120. The monoisotopic (exact) mass is 328 g/mol. The fourth-order valence-electron chi connectivity index (χ4n) is 2.97. The van der Waals surface area contributed by atoms with Gasteiger partial charge in [-0.15, -0.1) is 0 Å². The number of aromatic nitrogens is 4. The van der Waals surface area contributed by atoms with Crippen molar-refractivity contribution in [3.63, 3.8) is 0 Å². The van der Waals surface area contributed by atoms with E-state index in [0.29, 0.717) is 17.4 Å². The summed E-state index contributed by atoms with van der Waals surface area (Å²) in [7, 11) is 2.07. The first kappa shape index (κ1) is 15.2. The van der Waals surface area contributed by atoms with Crippen molar-refractivity contribution in [2.45, 2.75) is 25.8 Å². The number of pyridine rings is 1. The zero-order valence-electron chi connectivity index (χ0n) is 14.0. The number of fused-ring (bicyclic) bond motifs is 1. The van der Waals surface area contributed by atoms with Gasteiger partial charge < -0.3 is 14.4 Å². The number of rotatable bonds is 3. The van der Waals surface area contributed by atoms with Gasteiger partial charge in [0, 0.05) is 25.8 Å². The Balaban J connectivity index is 1.69. The van der Waals surface area contributed by atoms with Crippen LogP contribution in [0, 0.1) is 0 Å². The number of nitrogens with one attached hydrogen (secondary N) is 1. The number of likely N-dealkylation sites (N-methyl/N-ethyl adjacent to an activating group) is 1. The summed E-state index contributed by atoms with van der Waals surface area (Å²) in [4.78, 5) is 11.1. The summed E-state index contributed by atoms with van der Waals surface area (Å²) < 4.78 is 10.7. The molecule has 4 rings (SSSR count). The van der Waals surface area contributed by atoms with Crippen molar-refractivity contribution >= 4 is 11.1 Å². The topological polar surface area (TPSA) is 93.1 Å². The molecule has 0 amide bonds. The van der Waals surface area contributed by atoms with E-state index >= 15 is 0 Å². The summed E-state index contributed by atoms with van der Waals surface area (Å²) in [6.45, 7) is 6.89. The summed E-state index contributed by atoms with van der Waals surface area (Å²) in [5.74, 6) is 1.41. The highest BCUT2D eigenvalue weighted by atomic mass is 16.5. The number of hydrogen-bond donors (Lipinski definition) is 1. The maximum Gasteiger partial charge on any atom is 0.259 e. The Hall–Kier alpha value is -2.32. The Kier molecular flexibility index (Phi) is 3.78. The minimum Gasteiger partial charge on any atom is -0.336 e. The maximum absolute atomic E-state index is 5.47. The van der Waals surface area contributed by atoms with Crippen molar-refractivity contribution in [2.24, 2.45) is 0 Å². The van der Waals surface area contributed by atoms with E-state index in [1.165, 1.54) is 0 Å². The molecule has 0 spiro atoms. The average Bonchev–Trinajstić information content (AvgIpc) is 3.21. The van der Waals surface area contributed by atoms with Crippen molar-refractivity contribution < 1.29 is 9.05 Å². The number of piperazine rings is 1. The molecular weight excluding hydrogens is 308 g/mol. The zero-order chi connectivity index (χ0) is 16.7. The van der Waals surface area contributed by atoms with E-state index in [0.717, 1.165) is 36.3 Å². The van der Waals surface area contributed by atoms with E-state index in [1.807, 2.05) is 6.07 Å². The molecule has 0 bridgehead atoms. The molecular formula is C16H20N6O2. The molecule has 0 aliphatic carbocycles. The van der Waals surface area contributed by atoms with E-state index in [4.69, 9.17) is 9.05 Å². The highest BCUT2D eigenvalue weighted by Gasteiger charge is 2.26. The van der Waals surface area contributed by atoms with Gasteiger partial charge in [0.15, 0.2) is 5.82 Å². The van der Waals surface area contributed by atoms with Crippen LogP contribution in [0.1, 0.15) is 37.3 Å². The average molecular weight is 328 g/mol. The van der Waals surface area contributed by atoms with E-state index in [1.54, 1.807) is 6.20 Å². The largest absolute Gasteiger partial charge is 0.336 e. The number of hydrogen-bond acceptors (Lipinski definition) is 8. The van der Waals surface area contributed by atoms with Gasteiger partial charge in [-0.05, 0) is 19.0 Å². The van der Waals surface area contributed by atoms with Crippen molar-refractivity contribution in [1.29, 1.82) is 0 Å². The van der Waals surface area contributed by atoms with Crippen LogP contribution in [-0.4, -0.2) is 51.9 Å². The molecule has 4 heterocycles. The van der Waals surface area contributed by atoms with Crippen LogP contribution in [0.5, 0.6) is 0 Å².